The number of methoxy groups -OCH3 is 1. The van der Waals surface area contributed by atoms with Crippen LogP contribution < -0.4 is 10.1 Å². The largest absolute Gasteiger partial charge is 0.496 e. The predicted molar refractivity (Wildman–Crippen MR) is 111 cm³/mol. The first kappa shape index (κ1) is 22.2. The molecule has 0 spiro atoms. The molecular weight excluding hydrogens is 402 g/mol. The molecule has 0 amide bonds. The molecule has 0 aromatic heterocycles. The number of nitrogens with one attached hydrogen (secondary N) is 1. The number of halogens is 2. The van der Waals surface area contributed by atoms with Gasteiger partial charge in [0.05, 0.1) is 18.4 Å². The summed E-state index contributed by atoms with van der Waals surface area (Å²) in [6, 6.07) is 7.62. The molecule has 0 atom stereocenters. The van der Waals surface area contributed by atoms with Crippen molar-refractivity contribution in [3.8, 4) is 5.75 Å². The van der Waals surface area contributed by atoms with Crippen molar-refractivity contribution in [1.29, 1.82) is 0 Å². The third-order valence-electron chi connectivity index (χ3n) is 3.62. The number of hydrogen-bond acceptors (Lipinski definition) is 4. The van der Waals surface area contributed by atoms with Crippen LogP contribution in [0.2, 0.25) is 0 Å². The first-order valence-electron chi connectivity index (χ1n) is 8.25. The average Bonchev–Trinajstić information content (AvgIpc) is 2.63. The number of rotatable bonds is 5. The van der Waals surface area contributed by atoms with Crippen molar-refractivity contribution in [1.82, 2.24) is 0 Å². The van der Waals surface area contributed by atoms with Gasteiger partial charge in [-0.15, -0.1) is 0 Å². The zero-order chi connectivity index (χ0) is 21.6. The van der Waals surface area contributed by atoms with Crippen LogP contribution in [0.3, 0.4) is 0 Å². The lowest BCUT2D eigenvalue weighted by Crippen LogP contribution is -2.14. The molecule has 0 heterocycles. The fourth-order valence-corrected chi connectivity index (χ4v) is 3.27. The summed E-state index contributed by atoms with van der Waals surface area (Å²) in [4.78, 5) is 12.0. The number of amidine groups is 1. The van der Waals surface area contributed by atoms with Gasteiger partial charge in [0.2, 0.25) is 5.96 Å². The monoisotopic (exact) mass is 422 g/mol. The highest BCUT2D eigenvalue weighted by atomic mass is 32.2. The number of ether oxygens (including phenoxy) is 1. The van der Waals surface area contributed by atoms with Gasteiger partial charge >= 0.3 is 0 Å². The highest BCUT2D eigenvalue weighted by molar-refractivity contribution is 7.89. The van der Waals surface area contributed by atoms with Crippen LogP contribution >= 0.6 is 0 Å². The number of benzene rings is 2. The molecule has 0 aliphatic heterocycles. The Balaban J connectivity index is 2.38. The molecule has 2 aromatic carbocycles. The normalized spacial score (nSPS) is 12.6. The van der Waals surface area contributed by atoms with E-state index in [0.717, 1.165) is 12.3 Å². The molecule has 10 heteroatoms. The molecule has 2 aromatic rings. The van der Waals surface area contributed by atoms with E-state index in [4.69, 9.17) is 4.74 Å². The molecule has 29 heavy (non-hydrogen) atoms. The molecule has 0 unspecified atom stereocenters. The van der Waals surface area contributed by atoms with Gasteiger partial charge < -0.3 is 10.1 Å². The van der Waals surface area contributed by atoms with E-state index in [1.807, 2.05) is 0 Å². The molecule has 154 valence electrons. The summed E-state index contributed by atoms with van der Waals surface area (Å²) < 4.78 is 55.4. The van der Waals surface area contributed by atoms with Gasteiger partial charge in [-0.2, -0.15) is 4.99 Å². The Labute approximate surface area is 167 Å². The van der Waals surface area contributed by atoms with Crippen LogP contribution in [0.4, 0.5) is 14.5 Å². The predicted octanol–water partition coefficient (Wildman–Crippen LogP) is 3.06. The minimum Gasteiger partial charge on any atom is -0.496 e. The quantitative estimate of drug-likeness (QED) is 0.592. The first-order chi connectivity index (χ1) is 13.6. The highest BCUT2D eigenvalue weighted by Gasteiger charge is 2.13. The minimum atomic E-state index is -3.33. The highest BCUT2D eigenvalue weighted by Crippen LogP contribution is 2.21. The zero-order valence-corrected chi connectivity index (χ0v) is 16.9. The van der Waals surface area contributed by atoms with Crippen molar-refractivity contribution >= 4 is 34.0 Å². The first-order valence-corrected chi connectivity index (χ1v) is 10.3. The molecule has 0 bridgehead atoms. The van der Waals surface area contributed by atoms with Crippen LogP contribution in [0.15, 0.2) is 51.4 Å². The third-order valence-corrected chi connectivity index (χ3v) is 4.48. The van der Waals surface area contributed by atoms with Crippen LogP contribution in [-0.2, 0) is 15.6 Å². The average molecular weight is 422 g/mol. The van der Waals surface area contributed by atoms with Gasteiger partial charge in [-0.25, -0.2) is 22.2 Å². The second-order valence-electron chi connectivity index (χ2n) is 6.03. The molecule has 0 radical (unpaired) electrons. The van der Waals surface area contributed by atoms with Gasteiger partial charge in [0.1, 0.15) is 17.4 Å². The van der Waals surface area contributed by atoms with E-state index < -0.39 is 21.5 Å². The van der Waals surface area contributed by atoms with E-state index in [-0.39, 0.29) is 34.5 Å². The Kier molecular flexibility index (Phi) is 7.16. The SMILES string of the molecule is C=N/C(=N\C(=NC)Nc1cc(F)cc(CS(C)(=O)=O)c1)c1ccc(F)cc1OC. The van der Waals surface area contributed by atoms with Crippen LogP contribution in [0, 0.1) is 11.6 Å². The fourth-order valence-electron chi connectivity index (χ4n) is 2.50. The Morgan fingerprint density at radius 3 is 2.48 bits per heavy atom. The molecule has 2 rings (SSSR count). The molecule has 0 saturated heterocycles. The van der Waals surface area contributed by atoms with E-state index in [1.165, 1.54) is 44.5 Å². The second-order valence-corrected chi connectivity index (χ2v) is 8.17. The van der Waals surface area contributed by atoms with Crippen LogP contribution in [0.5, 0.6) is 5.75 Å². The maximum Gasteiger partial charge on any atom is 0.224 e. The zero-order valence-electron chi connectivity index (χ0n) is 16.1. The lowest BCUT2D eigenvalue weighted by Gasteiger charge is -2.11. The third kappa shape index (κ3) is 6.46. The van der Waals surface area contributed by atoms with E-state index in [9.17, 15) is 17.2 Å². The van der Waals surface area contributed by atoms with Gasteiger partial charge in [0.15, 0.2) is 15.7 Å². The summed E-state index contributed by atoms with van der Waals surface area (Å²) in [5, 5.41) is 2.80. The second kappa shape index (κ2) is 9.37. The molecule has 0 aliphatic carbocycles. The molecule has 0 aliphatic rings. The van der Waals surface area contributed by atoms with Gasteiger partial charge in [0, 0.05) is 25.1 Å². The molecule has 7 nitrogen and oxygen atoms in total. The van der Waals surface area contributed by atoms with Crippen LogP contribution in [0.1, 0.15) is 11.1 Å². The van der Waals surface area contributed by atoms with E-state index in [1.54, 1.807) is 0 Å². The Morgan fingerprint density at radius 2 is 1.90 bits per heavy atom. The lowest BCUT2D eigenvalue weighted by molar-refractivity contribution is 0.410. The smallest absolute Gasteiger partial charge is 0.224 e. The summed E-state index contributed by atoms with van der Waals surface area (Å²) >= 11 is 0. The van der Waals surface area contributed by atoms with Crippen molar-refractivity contribution in [2.75, 3.05) is 25.7 Å². The summed E-state index contributed by atoms with van der Waals surface area (Å²) in [5.74, 6) is -1.07. The van der Waals surface area contributed by atoms with Crippen molar-refractivity contribution in [2.45, 2.75) is 5.75 Å². The van der Waals surface area contributed by atoms with E-state index >= 15 is 0 Å². The number of hydrogen-bond donors (Lipinski definition) is 1. The molecule has 0 fully saturated rings. The topological polar surface area (TPSA) is 92.5 Å². The Morgan fingerprint density at radius 1 is 1.17 bits per heavy atom. The summed E-state index contributed by atoms with van der Waals surface area (Å²) in [7, 11) is -0.508. The van der Waals surface area contributed by atoms with Gasteiger partial charge in [0.25, 0.3) is 0 Å². The summed E-state index contributed by atoms with van der Waals surface area (Å²) in [5.41, 5.74) is 0.906. The number of aliphatic imine (C=N–C) groups is 3. The van der Waals surface area contributed by atoms with Crippen molar-refractivity contribution in [3.63, 3.8) is 0 Å². The summed E-state index contributed by atoms with van der Waals surface area (Å²) in [6.07, 6.45) is 1.06. The van der Waals surface area contributed by atoms with E-state index in [0.29, 0.717) is 5.56 Å². The number of guanidine groups is 1. The standard InChI is InChI=1S/C19H20F2N4O3S/c1-22-18(16-6-5-13(20)10-17(16)28-3)25-19(23-2)24-15-8-12(7-14(21)9-15)11-29(4,26)27/h5-10H,1,11H2,2-4H3,(H,23,24)/b25-18-. The van der Waals surface area contributed by atoms with Crippen LogP contribution in [-0.4, -0.2) is 47.3 Å². The number of anilines is 1. The maximum atomic E-state index is 13.9. The van der Waals surface area contributed by atoms with Crippen LogP contribution in [0.25, 0.3) is 0 Å². The summed E-state index contributed by atoms with van der Waals surface area (Å²) in [6.45, 7) is 3.46. The van der Waals surface area contributed by atoms with Gasteiger partial charge in [-0.3, -0.25) is 4.99 Å². The lowest BCUT2D eigenvalue weighted by atomic mass is 10.2. The van der Waals surface area contributed by atoms with Crippen molar-refractivity contribution in [3.05, 3.63) is 59.2 Å². The van der Waals surface area contributed by atoms with Crippen molar-refractivity contribution < 1.29 is 21.9 Å². The number of sulfone groups is 1. The molecular formula is C19H20F2N4O3S. The maximum absolute atomic E-state index is 13.9. The minimum absolute atomic E-state index is 0.0506. The van der Waals surface area contributed by atoms with Crippen molar-refractivity contribution in [2.24, 2.45) is 15.0 Å². The number of nitrogens with zero attached hydrogens (tertiary/aromatic N) is 3. The van der Waals surface area contributed by atoms with E-state index in [2.05, 4.69) is 27.0 Å². The fraction of sp³-hybridized carbons (Fsp3) is 0.211. The Hall–Kier alpha value is -3.14. The van der Waals surface area contributed by atoms with Gasteiger partial charge in [-0.1, -0.05) is 0 Å². The van der Waals surface area contributed by atoms with Gasteiger partial charge in [-0.05, 0) is 42.6 Å². The molecule has 0 saturated carbocycles. The molecule has 1 N–H and O–H groups in total. The Bertz CT molecular complexity index is 1080.